The number of methoxy groups -OCH3 is 3. The van der Waals surface area contributed by atoms with Crippen LogP contribution in [0, 0.1) is 0 Å². The minimum absolute atomic E-state index is 0.0663. The fourth-order valence-electron chi connectivity index (χ4n) is 1.56. The van der Waals surface area contributed by atoms with Crippen LogP contribution in [0.2, 0.25) is 0 Å². The molecule has 5 nitrogen and oxygen atoms in total. The molecule has 0 aliphatic rings. The molecule has 0 aromatic heterocycles. The first kappa shape index (κ1) is 13.5. The maximum atomic E-state index is 11.6. The summed E-state index contributed by atoms with van der Waals surface area (Å²) in [6, 6.07) is 3.35. The molecule has 2 N–H and O–H groups in total. The number of ketones is 1. The van der Waals surface area contributed by atoms with Crippen LogP contribution in [0.25, 0.3) is 0 Å². The van der Waals surface area contributed by atoms with Crippen LogP contribution in [0.4, 0.5) is 0 Å². The molecule has 17 heavy (non-hydrogen) atoms. The van der Waals surface area contributed by atoms with Gasteiger partial charge < -0.3 is 19.9 Å². The van der Waals surface area contributed by atoms with E-state index in [2.05, 4.69) is 0 Å². The highest BCUT2D eigenvalue weighted by atomic mass is 16.5. The van der Waals surface area contributed by atoms with Crippen LogP contribution in [0.3, 0.4) is 0 Å². The zero-order valence-corrected chi connectivity index (χ0v) is 10.3. The molecule has 0 fully saturated rings. The third-order valence-electron chi connectivity index (χ3n) is 2.39. The minimum Gasteiger partial charge on any atom is -0.496 e. The lowest BCUT2D eigenvalue weighted by molar-refractivity contribution is 0.0998. The molecule has 1 aromatic carbocycles. The molecule has 0 heterocycles. The molecule has 0 unspecified atom stereocenters. The van der Waals surface area contributed by atoms with Gasteiger partial charge in [-0.05, 0) is 12.1 Å². The van der Waals surface area contributed by atoms with Crippen molar-refractivity contribution in [1.29, 1.82) is 0 Å². The lowest BCUT2D eigenvalue weighted by Gasteiger charge is -2.13. The fourth-order valence-corrected chi connectivity index (χ4v) is 1.56. The first-order chi connectivity index (χ1) is 8.17. The third kappa shape index (κ3) is 2.95. The summed E-state index contributed by atoms with van der Waals surface area (Å²) in [7, 11) is 4.63. The van der Waals surface area contributed by atoms with Crippen LogP contribution in [0.1, 0.15) is 15.9 Å². The molecule has 1 rings (SSSR count). The lowest BCUT2D eigenvalue weighted by atomic mass is 10.1. The van der Waals surface area contributed by atoms with Crippen molar-refractivity contribution in [2.24, 2.45) is 5.73 Å². The molecule has 1 aromatic rings. The normalized spacial score (nSPS) is 10.1. The van der Waals surface area contributed by atoms with E-state index in [1.165, 1.54) is 14.2 Å². The monoisotopic (exact) mass is 239 g/mol. The number of carbonyl (C=O) groups excluding carboxylic acids is 1. The molecule has 5 heteroatoms. The van der Waals surface area contributed by atoms with Gasteiger partial charge in [0.2, 0.25) is 0 Å². The van der Waals surface area contributed by atoms with Crippen LogP contribution in [0.5, 0.6) is 11.5 Å². The molecular formula is C12H17NO4. The summed E-state index contributed by atoms with van der Waals surface area (Å²) >= 11 is 0. The average Bonchev–Trinajstić information content (AvgIpc) is 2.37. The van der Waals surface area contributed by atoms with Crippen molar-refractivity contribution in [3.63, 3.8) is 0 Å². The van der Waals surface area contributed by atoms with Gasteiger partial charge in [-0.15, -0.1) is 0 Å². The van der Waals surface area contributed by atoms with E-state index in [-0.39, 0.29) is 12.3 Å². The van der Waals surface area contributed by atoms with E-state index in [4.69, 9.17) is 19.9 Å². The Hall–Kier alpha value is -1.59. The first-order valence-electron chi connectivity index (χ1n) is 5.15. The smallest absolute Gasteiger partial charge is 0.180 e. The van der Waals surface area contributed by atoms with Crippen molar-refractivity contribution in [2.75, 3.05) is 27.9 Å². The van der Waals surface area contributed by atoms with Gasteiger partial charge in [-0.2, -0.15) is 0 Å². The highest BCUT2D eigenvalue weighted by Gasteiger charge is 2.15. The van der Waals surface area contributed by atoms with E-state index >= 15 is 0 Å². The van der Waals surface area contributed by atoms with Gasteiger partial charge in [0.15, 0.2) is 5.78 Å². The summed E-state index contributed by atoms with van der Waals surface area (Å²) < 4.78 is 15.4. The second-order valence-corrected chi connectivity index (χ2v) is 3.42. The van der Waals surface area contributed by atoms with Gasteiger partial charge in [0.25, 0.3) is 0 Å². The van der Waals surface area contributed by atoms with Gasteiger partial charge in [-0.25, -0.2) is 0 Å². The molecule has 0 aliphatic heterocycles. The summed E-state index contributed by atoms with van der Waals surface area (Å²) in [4.78, 5) is 11.6. The standard InChI is InChI=1S/C12H17NO4/c1-15-7-8-4-12(17-3)9(10(14)6-13)5-11(8)16-2/h4-5H,6-7,13H2,1-3H3. The zero-order valence-electron chi connectivity index (χ0n) is 10.3. The van der Waals surface area contributed by atoms with Crippen LogP contribution in [-0.4, -0.2) is 33.7 Å². The maximum Gasteiger partial charge on any atom is 0.180 e. The quantitative estimate of drug-likeness (QED) is 0.750. The Bertz CT molecular complexity index is 404. The van der Waals surface area contributed by atoms with Gasteiger partial charge >= 0.3 is 0 Å². The zero-order chi connectivity index (χ0) is 12.8. The van der Waals surface area contributed by atoms with Crippen molar-refractivity contribution < 1.29 is 19.0 Å². The van der Waals surface area contributed by atoms with E-state index in [1.54, 1.807) is 19.2 Å². The SMILES string of the molecule is COCc1cc(OC)c(C(=O)CN)cc1OC. The van der Waals surface area contributed by atoms with Gasteiger partial charge in [0.05, 0.1) is 32.9 Å². The van der Waals surface area contributed by atoms with E-state index in [0.717, 1.165) is 5.56 Å². The number of carbonyl (C=O) groups is 1. The topological polar surface area (TPSA) is 70.8 Å². The van der Waals surface area contributed by atoms with Crippen LogP contribution >= 0.6 is 0 Å². The van der Waals surface area contributed by atoms with Crippen molar-refractivity contribution in [1.82, 2.24) is 0 Å². The number of benzene rings is 1. The summed E-state index contributed by atoms with van der Waals surface area (Å²) in [5, 5.41) is 0. The Morgan fingerprint density at radius 2 is 1.82 bits per heavy atom. The number of Topliss-reactive ketones (excluding diaryl/α,β-unsaturated/α-hetero) is 1. The molecule has 0 radical (unpaired) electrons. The fraction of sp³-hybridized carbons (Fsp3) is 0.417. The minimum atomic E-state index is -0.191. The van der Waals surface area contributed by atoms with Gasteiger partial charge in [0.1, 0.15) is 11.5 Å². The highest BCUT2D eigenvalue weighted by molar-refractivity contribution is 6.00. The molecule has 0 saturated carbocycles. The summed E-state index contributed by atoms with van der Waals surface area (Å²) in [5.41, 5.74) is 6.59. The van der Waals surface area contributed by atoms with E-state index in [9.17, 15) is 4.79 Å². The predicted molar refractivity (Wildman–Crippen MR) is 63.6 cm³/mol. The molecule has 0 atom stereocenters. The maximum absolute atomic E-state index is 11.6. The average molecular weight is 239 g/mol. The molecular weight excluding hydrogens is 222 g/mol. The number of hydrogen-bond acceptors (Lipinski definition) is 5. The molecule has 0 saturated heterocycles. The number of ether oxygens (including phenoxy) is 3. The first-order valence-corrected chi connectivity index (χ1v) is 5.15. The Labute approximate surface area is 100 Å². The number of rotatable bonds is 6. The largest absolute Gasteiger partial charge is 0.496 e. The van der Waals surface area contributed by atoms with Crippen LogP contribution < -0.4 is 15.2 Å². The second kappa shape index (κ2) is 6.22. The predicted octanol–water partition coefficient (Wildman–Crippen LogP) is 0.992. The van der Waals surface area contributed by atoms with Gasteiger partial charge in [-0.1, -0.05) is 0 Å². The van der Waals surface area contributed by atoms with Crippen LogP contribution in [0.15, 0.2) is 12.1 Å². The van der Waals surface area contributed by atoms with E-state index in [0.29, 0.717) is 23.7 Å². The van der Waals surface area contributed by atoms with Crippen LogP contribution in [-0.2, 0) is 11.3 Å². The second-order valence-electron chi connectivity index (χ2n) is 3.42. The molecule has 0 amide bonds. The highest BCUT2D eigenvalue weighted by Crippen LogP contribution is 2.29. The molecule has 94 valence electrons. The Morgan fingerprint density at radius 1 is 1.18 bits per heavy atom. The Balaban J connectivity index is 3.27. The van der Waals surface area contributed by atoms with E-state index in [1.807, 2.05) is 0 Å². The Morgan fingerprint density at radius 3 is 2.29 bits per heavy atom. The molecule has 0 spiro atoms. The number of hydrogen-bond donors (Lipinski definition) is 1. The third-order valence-corrected chi connectivity index (χ3v) is 2.39. The summed E-state index contributed by atoms with van der Waals surface area (Å²) in [5.74, 6) is 0.877. The van der Waals surface area contributed by atoms with Crippen molar-refractivity contribution >= 4 is 5.78 Å². The molecule has 0 bridgehead atoms. The van der Waals surface area contributed by atoms with Crippen molar-refractivity contribution in [3.8, 4) is 11.5 Å². The molecule has 0 aliphatic carbocycles. The van der Waals surface area contributed by atoms with Crippen molar-refractivity contribution in [3.05, 3.63) is 23.3 Å². The Kier molecular flexibility index (Phi) is 4.93. The summed E-state index contributed by atoms with van der Waals surface area (Å²) in [6.07, 6.45) is 0. The van der Waals surface area contributed by atoms with Gasteiger partial charge in [0, 0.05) is 12.7 Å². The van der Waals surface area contributed by atoms with E-state index < -0.39 is 0 Å². The van der Waals surface area contributed by atoms with Gasteiger partial charge in [-0.3, -0.25) is 4.79 Å². The number of nitrogens with two attached hydrogens (primary N) is 1. The summed E-state index contributed by atoms with van der Waals surface area (Å²) in [6.45, 7) is 0.319. The lowest BCUT2D eigenvalue weighted by Crippen LogP contribution is -2.15. The van der Waals surface area contributed by atoms with Crippen molar-refractivity contribution in [2.45, 2.75) is 6.61 Å².